The van der Waals surface area contributed by atoms with Gasteiger partial charge in [0.05, 0.1) is 11.0 Å². The standard InChI is InChI=1S/C16H25N3/c1-5-6-7-10-17-12-8-9-13-14(11-12)19-15(18-13)16(2,3)4/h8-9,11,17H,5-7,10H2,1-4H3,(H,18,19). The third kappa shape index (κ3) is 3.49. The van der Waals surface area contributed by atoms with E-state index in [4.69, 9.17) is 0 Å². The first kappa shape index (κ1) is 13.9. The van der Waals surface area contributed by atoms with Gasteiger partial charge in [0.25, 0.3) is 0 Å². The van der Waals surface area contributed by atoms with Gasteiger partial charge in [0.1, 0.15) is 5.82 Å². The molecule has 19 heavy (non-hydrogen) atoms. The highest BCUT2D eigenvalue weighted by atomic mass is 14.9. The van der Waals surface area contributed by atoms with Crippen LogP contribution in [-0.2, 0) is 5.41 Å². The van der Waals surface area contributed by atoms with Gasteiger partial charge in [-0.25, -0.2) is 4.98 Å². The summed E-state index contributed by atoms with van der Waals surface area (Å²) in [6.45, 7) is 9.79. The number of aromatic amines is 1. The van der Waals surface area contributed by atoms with Gasteiger partial charge in [-0.05, 0) is 24.6 Å². The average Bonchev–Trinajstić information content (AvgIpc) is 2.77. The molecular formula is C16H25N3. The number of nitrogens with zero attached hydrogens (tertiary/aromatic N) is 1. The molecule has 0 aliphatic heterocycles. The van der Waals surface area contributed by atoms with E-state index in [0.717, 1.165) is 23.4 Å². The van der Waals surface area contributed by atoms with Crippen LogP contribution in [0.2, 0.25) is 0 Å². The van der Waals surface area contributed by atoms with Gasteiger partial charge in [-0.1, -0.05) is 40.5 Å². The number of H-pyrrole nitrogens is 1. The SMILES string of the molecule is CCCCCNc1ccc2nc(C(C)(C)C)[nH]c2c1. The molecule has 1 aromatic carbocycles. The molecule has 0 aliphatic carbocycles. The van der Waals surface area contributed by atoms with Crippen LogP contribution in [0.5, 0.6) is 0 Å². The molecule has 0 saturated heterocycles. The van der Waals surface area contributed by atoms with E-state index >= 15 is 0 Å². The number of benzene rings is 1. The zero-order valence-corrected chi connectivity index (χ0v) is 12.5. The molecule has 0 radical (unpaired) electrons. The molecule has 0 fully saturated rings. The maximum Gasteiger partial charge on any atom is 0.112 e. The Kier molecular flexibility index (Phi) is 4.13. The Labute approximate surface area is 115 Å². The third-order valence-electron chi connectivity index (χ3n) is 3.30. The smallest absolute Gasteiger partial charge is 0.112 e. The average molecular weight is 259 g/mol. The summed E-state index contributed by atoms with van der Waals surface area (Å²) in [4.78, 5) is 8.08. The van der Waals surface area contributed by atoms with Crippen molar-refractivity contribution >= 4 is 16.7 Å². The molecule has 2 rings (SSSR count). The second-order valence-corrected chi connectivity index (χ2v) is 6.20. The summed E-state index contributed by atoms with van der Waals surface area (Å²) < 4.78 is 0. The number of anilines is 1. The Bertz CT molecular complexity index is 534. The number of imidazole rings is 1. The van der Waals surface area contributed by atoms with Gasteiger partial charge in [0, 0.05) is 17.6 Å². The minimum atomic E-state index is 0.0632. The number of aromatic nitrogens is 2. The molecule has 0 unspecified atom stereocenters. The van der Waals surface area contributed by atoms with Crippen LogP contribution in [0.25, 0.3) is 11.0 Å². The van der Waals surface area contributed by atoms with E-state index in [1.165, 1.54) is 24.9 Å². The maximum absolute atomic E-state index is 4.65. The number of nitrogens with one attached hydrogen (secondary N) is 2. The lowest BCUT2D eigenvalue weighted by Crippen LogP contribution is -2.12. The molecule has 3 nitrogen and oxygen atoms in total. The highest BCUT2D eigenvalue weighted by Crippen LogP contribution is 2.24. The molecule has 0 spiro atoms. The monoisotopic (exact) mass is 259 g/mol. The number of hydrogen-bond donors (Lipinski definition) is 2. The third-order valence-corrected chi connectivity index (χ3v) is 3.30. The molecule has 0 saturated carbocycles. The summed E-state index contributed by atoms with van der Waals surface area (Å²) in [5, 5.41) is 3.47. The molecule has 104 valence electrons. The van der Waals surface area contributed by atoms with Gasteiger partial charge >= 0.3 is 0 Å². The van der Waals surface area contributed by atoms with Crippen molar-refractivity contribution < 1.29 is 0 Å². The Balaban J connectivity index is 2.12. The summed E-state index contributed by atoms with van der Waals surface area (Å²) in [7, 11) is 0. The van der Waals surface area contributed by atoms with Crippen LogP contribution < -0.4 is 5.32 Å². The van der Waals surface area contributed by atoms with Crippen molar-refractivity contribution in [3.63, 3.8) is 0 Å². The van der Waals surface area contributed by atoms with Crippen LogP contribution in [0.15, 0.2) is 18.2 Å². The van der Waals surface area contributed by atoms with E-state index in [9.17, 15) is 0 Å². The fourth-order valence-corrected chi connectivity index (χ4v) is 2.08. The van der Waals surface area contributed by atoms with Crippen LogP contribution in [0.4, 0.5) is 5.69 Å². The summed E-state index contributed by atoms with van der Waals surface area (Å²) >= 11 is 0. The molecule has 0 amide bonds. The molecule has 0 atom stereocenters. The van der Waals surface area contributed by atoms with E-state index < -0.39 is 0 Å². The van der Waals surface area contributed by atoms with Gasteiger partial charge in [-0.2, -0.15) is 0 Å². The molecule has 3 heteroatoms. The lowest BCUT2D eigenvalue weighted by atomic mass is 9.96. The van der Waals surface area contributed by atoms with Crippen LogP contribution in [0, 0.1) is 0 Å². The number of unbranched alkanes of at least 4 members (excludes halogenated alkanes) is 2. The Hall–Kier alpha value is -1.51. The van der Waals surface area contributed by atoms with Gasteiger partial charge < -0.3 is 10.3 Å². The molecule has 1 heterocycles. The predicted octanol–water partition coefficient (Wildman–Crippen LogP) is 4.46. The van der Waals surface area contributed by atoms with Crippen molar-refractivity contribution in [1.29, 1.82) is 0 Å². The highest BCUT2D eigenvalue weighted by Gasteiger charge is 2.18. The molecule has 0 aliphatic rings. The maximum atomic E-state index is 4.65. The quantitative estimate of drug-likeness (QED) is 0.778. The van der Waals surface area contributed by atoms with Crippen molar-refractivity contribution in [2.45, 2.75) is 52.4 Å². The zero-order valence-electron chi connectivity index (χ0n) is 12.5. The van der Waals surface area contributed by atoms with Gasteiger partial charge in [0.15, 0.2) is 0 Å². The lowest BCUT2D eigenvalue weighted by Gasteiger charge is -2.13. The molecule has 1 aromatic heterocycles. The van der Waals surface area contributed by atoms with Crippen LogP contribution in [-0.4, -0.2) is 16.5 Å². The van der Waals surface area contributed by atoms with Crippen LogP contribution >= 0.6 is 0 Å². The Morgan fingerprint density at radius 3 is 2.68 bits per heavy atom. The first-order valence-corrected chi connectivity index (χ1v) is 7.25. The van der Waals surface area contributed by atoms with E-state index in [2.05, 4.69) is 61.2 Å². The minimum absolute atomic E-state index is 0.0632. The van der Waals surface area contributed by atoms with Crippen molar-refractivity contribution in [2.24, 2.45) is 0 Å². The van der Waals surface area contributed by atoms with Crippen molar-refractivity contribution in [1.82, 2.24) is 9.97 Å². The van der Waals surface area contributed by atoms with Gasteiger partial charge in [-0.3, -0.25) is 0 Å². The highest BCUT2D eigenvalue weighted by molar-refractivity contribution is 5.79. The summed E-state index contributed by atoms with van der Waals surface area (Å²) in [6.07, 6.45) is 3.77. The Morgan fingerprint density at radius 1 is 1.21 bits per heavy atom. The molecule has 2 N–H and O–H groups in total. The second-order valence-electron chi connectivity index (χ2n) is 6.20. The number of rotatable bonds is 5. The molecular weight excluding hydrogens is 234 g/mol. The first-order valence-electron chi connectivity index (χ1n) is 7.25. The van der Waals surface area contributed by atoms with E-state index in [1.807, 2.05) is 0 Å². The van der Waals surface area contributed by atoms with Gasteiger partial charge in [-0.15, -0.1) is 0 Å². The zero-order chi connectivity index (χ0) is 13.9. The normalized spacial score (nSPS) is 12.0. The minimum Gasteiger partial charge on any atom is -0.385 e. The second kappa shape index (κ2) is 5.64. The lowest BCUT2D eigenvalue weighted by molar-refractivity contribution is 0.554. The Morgan fingerprint density at radius 2 is 2.00 bits per heavy atom. The fraction of sp³-hybridized carbons (Fsp3) is 0.562. The summed E-state index contributed by atoms with van der Waals surface area (Å²) in [5.74, 6) is 1.05. The predicted molar refractivity (Wildman–Crippen MR) is 82.8 cm³/mol. The van der Waals surface area contributed by atoms with Crippen LogP contribution in [0.1, 0.15) is 52.8 Å². The number of fused-ring (bicyclic) bond motifs is 1. The molecule has 2 aromatic rings. The largest absolute Gasteiger partial charge is 0.385 e. The van der Waals surface area contributed by atoms with E-state index in [1.54, 1.807) is 0 Å². The first-order chi connectivity index (χ1) is 9.00. The van der Waals surface area contributed by atoms with Crippen LogP contribution in [0.3, 0.4) is 0 Å². The summed E-state index contributed by atoms with van der Waals surface area (Å²) in [5.41, 5.74) is 3.40. The summed E-state index contributed by atoms with van der Waals surface area (Å²) in [6, 6.07) is 6.36. The van der Waals surface area contributed by atoms with Crippen molar-refractivity contribution in [2.75, 3.05) is 11.9 Å². The number of hydrogen-bond acceptors (Lipinski definition) is 2. The van der Waals surface area contributed by atoms with Crippen molar-refractivity contribution in [3.05, 3.63) is 24.0 Å². The van der Waals surface area contributed by atoms with Gasteiger partial charge in [0.2, 0.25) is 0 Å². The van der Waals surface area contributed by atoms with E-state index in [-0.39, 0.29) is 5.41 Å². The fourth-order valence-electron chi connectivity index (χ4n) is 2.08. The van der Waals surface area contributed by atoms with Crippen molar-refractivity contribution in [3.8, 4) is 0 Å². The topological polar surface area (TPSA) is 40.7 Å². The molecule has 0 bridgehead atoms. The van der Waals surface area contributed by atoms with E-state index in [0.29, 0.717) is 0 Å².